The average Bonchev–Trinajstić information content (AvgIpc) is 2.70. The van der Waals surface area contributed by atoms with E-state index >= 15 is 0 Å². The van der Waals surface area contributed by atoms with Crippen molar-refractivity contribution in [1.82, 2.24) is 0 Å². The van der Waals surface area contributed by atoms with Gasteiger partial charge in [0.1, 0.15) is 0 Å². The molecule has 0 radical (unpaired) electrons. The molecule has 2 nitrogen and oxygen atoms in total. The minimum Gasteiger partial charge on any atom is -0.321 e. The standard InChI is InChI=1S/C13H11BrClNOS/c1-7-5-9(14)6-8(2)12(7)16-13(17)10-3-4-11(15)18-10/h3-6H,1-2H3,(H,16,17). The zero-order chi connectivity index (χ0) is 13.3. The van der Waals surface area contributed by atoms with E-state index in [1.54, 1.807) is 12.1 Å². The van der Waals surface area contributed by atoms with Gasteiger partial charge in [-0.1, -0.05) is 27.5 Å². The molecular formula is C13H11BrClNOS. The number of benzene rings is 1. The summed E-state index contributed by atoms with van der Waals surface area (Å²) < 4.78 is 1.62. The maximum atomic E-state index is 12.0. The van der Waals surface area contributed by atoms with Crippen LogP contribution < -0.4 is 5.32 Å². The summed E-state index contributed by atoms with van der Waals surface area (Å²) in [5, 5.41) is 2.93. The van der Waals surface area contributed by atoms with Crippen LogP contribution in [0.3, 0.4) is 0 Å². The average molecular weight is 345 g/mol. The zero-order valence-electron chi connectivity index (χ0n) is 9.88. The van der Waals surface area contributed by atoms with Crippen molar-refractivity contribution in [2.75, 3.05) is 5.32 Å². The van der Waals surface area contributed by atoms with Crippen molar-refractivity contribution in [1.29, 1.82) is 0 Å². The lowest BCUT2D eigenvalue weighted by Gasteiger charge is -2.11. The molecule has 0 saturated heterocycles. The second-order valence-electron chi connectivity index (χ2n) is 3.97. The largest absolute Gasteiger partial charge is 0.321 e. The van der Waals surface area contributed by atoms with Crippen LogP contribution in [-0.4, -0.2) is 5.91 Å². The number of halogens is 2. The lowest BCUT2D eigenvalue weighted by Crippen LogP contribution is -2.12. The number of thiophene rings is 1. The summed E-state index contributed by atoms with van der Waals surface area (Å²) in [6.45, 7) is 3.93. The molecule has 1 amide bonds. The third-order valence-corrected chi connectivity index (χ3v) is 4.22. The van der Waals surface area contributed by atoms with Gasteiger partial charge in [0.2, 0.25) is 0 Å². The SMILES string of the molecule is Cc1cc(Br)cc(C)c1NC(=O)c1ccc(Cl)s1. The summed E-state index contributed by atoms with van der Waals surface area (Å²) in [4.78, 5) is 12.7. The van der Waals surface area contributed by atoms with Crippen molar-refractivity contribution in [3.63, 3.8) is 0 Å². The number of aryl methyl sites for hydroxylation is 2. The molecule has 0 aliphatic carbocycles. The first-order valence-electron chi connectivity index (χ1n) is 5.31. The van der Waals surface area contributed by atoms with E-state index < -0.39 is 0 Å². The lowest BCUT2D eigenvalue weighted by atomic mass is 10.1. The summed E-state index contributed by atoms with van der Waals surface area (Å²) >= 11 is 10.5. The fraction of sp³-hybridized carbons (Fsp3) is 0.154. The van der Waals surface area contributed by atoms with Crippen LogP contribution in [0.15, 0.2) is 28.7 Å². The molecule has 18 heavy (non-hydrogen) atoms. The van der Waals surface area contributed by atoms with Crippen molar-refractivity contribution in [2.45, 2.75) is 13.8 Å². The van der Waals surface area contributed by atoms with Gasteiger partial charge in [0.25, 0.3) is 5.91 Å². The zero-order valence-corrected chi connectivity index (χ0v) is 13.0. The van der Waals surface area contributed by atoms with Gasteiger partial charge in [0, 0.05) is 10.2 Å². The van der Waals surface area contributed by atoms with Crippen molar-refractivity contribution >= 4 is 50.5 Å². The minimum atomic E-state index is -0.125. The highest BCUT2D eigenvalue weighted by atomic mass is 79.9. The molecular weight excluding hydrogens is 334 g/mol. The maximum Gasteiger partial charge on any atom is 0.265 e. The predicted molar refractivity (Wildman–Crippen MR) is 80.9 cm³/mol. The fourth-order valence-corrected chi connectivity index (χ4v) is 3.34. The Balaban J connectivity index is 2.27. The van der Waals surface area contributed by atoms with Crippen LogP contribution in [0.1, 0.15) is 20.8 Å². The Hall–Kier alpha value is -0.840. The molecule has 2 rings (SSSR count). The molecule has 2 aromatic rings. The molecule has 0 unspecified atom stereocenters. The van der Waals surface area contributed by atoms with Gasteiger partial charge in [-0.05, 0) is 49.2 Å². The highest BCUT2D eigenvalue weighted by Gasteiger charge is 2.12. The highest BCUT2D eigenvalue weighted by molar-refractivity contribution is 9.10. The van der Waals surface area contributed by atoms with Gasteiger partial charge in [-0.15, -0.1) is 11.3 Å². The molecule has 0 atom stereocenters. The first-order valence-corrected chi connectivity index (χ1v) is 7.29. The van der Waals surface area contributed by atoms with E-state index in [4.69, 9.17) is 11.6 Å². The second-order valence-corrected chi connectivity index (χ2v) is 6.60. The number of rotatable bonds is 2. The molecule has 0 saturated carbocycles. The molecule has 0 aliphatic rings. The van der Waals surface area contributed by atoms with E-state index in [-0.39, 0.29) is 5.91 Å². The first kappa shape index (κ1) is 13.6. The van der Waals surface area contributed by atoms with Crippen LogP contribution in [0.4, 0.5) is 5.69 Å². The van der Waals surface area contributed by atoms with E-state index in [2.05, 4.69) is 21.2 Å². The molecule has 0 aliphatic heterocycles. The molecule has 0 bridgehead atoms. The van der Waals surface area contributed by atoms with E-state index in [0.29, 0.717) is 9.21 Å². The summed E-state index contributed by atoms with van der Waals surface area (Å²) in [6.07, 6.45) is 0. The number of carbonyl (C=O) groups excluding carboxylic acids is 1. The van der Waals surface area contributed by atoms with Crippen molar-refractivity contribution < 1.29 is 4.79 Å². The van der Waals surface area contributed by atoms with E-state index in [0.717, 1.165) is 21.3 Å². The smallest absolute Gasteiger partial charge is 0.265 e. The quantitative estimate of drug-likeness (QED) is 0.813. The molecule has 1 N–H and O–H groups in total. The third-order valence-electron chi connectivity index (χ3n) is 2.53. The van der Waals surface area contributed by atoms with Crippen LogP contribution >= 0.6 is 38.9 Å². The maximum absolute atomic E-state index is 12.0. The van der Waals surface area contributed by atoms with Gasteiger partial charge in [-0.2, -0.15) is 0 Å². The highest BCUT2D eigenvalue weighted by Crippen LogP contribution is 2.27. The van der Waals surface area contributed by atoms with E-state index in [1.165, 1.54) is 11.3 Å². The monoisotopic (exact) mass is 343 g/mol. The van der Waals surface area contributed by atoms with E-state index in [9.17, 15) is 4.79 Å². The Bertz CT molecular complexity index is 586. The first-order chi connectivity index (χ1) is 8.47. The predicted octanol–water partition coefficient (Wildman–Crippen LogP) is 5.03. The van der Waals surface area contributed by atoms with Crippen molar-refractivity contribution in [3.05, 3.63) is 49.1 Å². The van der Waals surface area contributed by atoms with Gasteiger partial charge < -0.3 is 5.32 Å². The summed E-state index contributed by atoms with van der Waals surface area (Å²) in [5.74, 6) is -0.125. The molecule has 94 valence electrons. The number of hydrogen-bond acceptors (Lipinski definition) is 2. The summed E-state index contributed by atoms with van der Waals surface area (Å²) in [7, 11) is 0. The molecule has 0 fully saturated rings. The number of hydrogen-bond donors (Lipinski definition) is 1. The van der Waals surface area contributed by atoms with Crippen LogP contribution in [-0.2, 0) is 0 Å². The van der Waals surface area contributed by atoms with Crippen molar-refractivity contribution in [2.24, 2.45) is 0 Å². The van der Waals surface area contributed by atoms with Crippen LogP contribution in [0, 0.1) is 13.8 Å². The number of carbonyl (C=O) groups is 1. The fourth-order valence-electron chi connectivity index (χ4n) is 1.72. The van der Waals surface area contributed by atoms with Crippen LogP contribution in [0.5, 0.6) is 0 Å². The number of nitrogens with one attached hydrogen (secondary N) is 1. The van der Waals surface area contributed by atoms with Crippen molar-refractivity contribution in [3.8, 4) is 0 Å². The van der Waals surface area contributed by atoms with Gasteiger partial charge in [0.05, 0.1) is 9.21 Å². The van der Waals surface area contributed by atoms with E-state index in [1.807, 2.05) is 26.0 Å². The number of anilines is 1. The van der Waals surface area contributed by atoms with Gasteiger partial charge in [-0.3, -0.25) is 4.79 Å². The molecule has 1 aromatic heterocycles. The summed E-state index contributed by atoms with van der Waals surface area (Å²) in [5.41, 5.74) is 2.91. The van der Waals surface area contributed by atoms with Gasteiger partial charge in [0.15, 0.2) is 0 Å². The normalized spacial score (nSPS) is 10.4. The third kappa shape index (κ3) is 2.94. The minimum absolute atomic E-state index is 0.125. The molecule has 5 heteroatoms. The van der Waals surface area contributed by atoms with Crippen LogP contribution in [0.25, 0.3) is 0 Å². The molecule has 0 spiro atoms. The Morgan fingerprint density at radius 3 is 2.39 bits per heavy atom. The Morgan fingerprint density at radius 2 is 1.89 bits per heavy atom. The number of amides is 1. The second kappa shape index (κ2) is 5.43. The molecule has 1 aromatic carbocycles. The topological polar surface area (TPSA) is 29.1 Å². The van der Waals surface area contributed by atoms with Gasteiger partial charge in [-0.25, -0.2) is 0 Å². The van der Waals surface area contributed by atoms with Gasteiger partial charge >= 0.3 is 0 Å². The summed E-state index contributed by atoms with van der Waals surface area (Å²) in [6, 6.07) is 7.41. The molecule has 1 heterocycles. The Morgan fingerprint density at radius 1 is 1.28 bits per heavy atom. The lowest BCUT2D eigenvalue weighted by molar-refractivity contribution is 0.103. The van der Waals surface area contributed by atoms with Crippen LogP contribution in [0.2, 0.25) is 4.34 Å². The Labute approximate surface area is 123 Å². The Kier molecular flexibility index (Phi) is 4.10.